The zero-order valence-electron chi connectivity index (χ0n) is 17.2. The summed E-state index contributed by atoms with van der Waals surface area (Å²) in [5.41, 5.74) is 3.94. The van der Waals surface area contributed by atoms with E-state index < -0.39 is 0 Å². The number of carbonyl (C=O) groups is 2. The highest BCUT2D eigenvalue weighted by molar-refractivity contribution is 9.10. The Labute approximate surface area is 204 Å². The Morgan fingerprint density at radius 2 is 1.69 bits per heavy atom. The van der Waals surface area contributed by atoms with Gasteiger partial charge in [-0.2, -0.15) is 0 Å². The summed E-state index contributed by atoms with van der Waals surface area (Å²) in [4.78, 5) is 26.8. The molecule has 0 radical (unpaired) electrons. The van der Waals surface area contributed by atoms with Crippen molar-refractivity contribution in [2.24, 2.45) is 0 Å². The Morgan fingerprint density at radius 1 is 1.00 bits per heavy atom. The van der Waals surface area contributed by atoms with E-state index in [0.717, 1.165) is 32.9 Å². The van der Waals surface area contributed by atoms with E-state index >= 15 is 0 Å². The first-order valence-corrected chi connectivity index (χ1v) is 11.9. The lowest BCUT2D eigenvalue weighted by atomic mass is 10.1. The quantitative estimate of drug-likeness (QED) is 0.317. The van der Waals surface area contributed by atoms with Crippen LogP contribution in [0.2, 0.25) is 5.02 Å². The Hall–Kier alpha value is -2.54. The number of amides is 2. The maximum absolute atomic E-state index is 12.8. The van der Waals surface area contributed by atoms with Gasteiger partial charge in [-0.3, -0.25) is 14.5 Å². The van der Waals surface area contributed by atoms with Gasteiger partial charge in [0.05, 0.1) is 15.9 Å². The molecule has 3 aromatic rings. The van der Waals surface area contributed by atoms with E-state index in [-0.39, 0.29) is 17.7 Å². The van der Waals surface area contributed by atoms with Crippen molar-refractivity contribution < 1.29 is 14.3 Å². The zero-order chi connectivity index (χ0) is 22.7. The molecular formula is C25H19BrClNO3S. The van der Waals surface area contributed by atoms with Gasteiger partial charge in [0.15, 0.2) is 0 Å². The van der Waals surface area contributed by atoms with Crippen molar-refractivity contribution in [2.75, 3.05) is 0 Å². The molecule has 4 rings (SSSR count). The number of carbonyl (C=O) groups excluding carboxylic acids is 2. The molecule has 1 fully saturated rings. The predicted octanol–water partition coefficient (Wildman–Crippen LogP) is 7.23. The smallest absolute Gasteiger partial charge is 0.293 e. The first-order chi connectivity index (χ1) is 15.4. The lowest BCUT2D eigenvalue weighted by Gasteiger charge is -2.12. The minimum atomic E-state index is -0.300. The molecule has 1 saturated heterocycles. The molecule has 1 aliphatic rings. The van der Waals surface area contributed by atoms with Crippen LogP contribution in [0.15, 0.2) is 76.1 Å². The molecule has 0 aliphatic carbocycles. The molecule has 162 valence electrons. The standard InChI is InChI=1S/C25H19BrClNO3S/c1-16-2-4-18(5-3-16)15-31-22-11-8-19(12-21(22)26)13-23-24(29)28(25(30)32-23)14-17-6-9-20(27)10-7-17/h2-13H,14-15H2,1H3/b23-13-. The van der Waals surface area contributed by atoms with Gasteiger partial charge in [-0.15, -0.1) is 0 Å². The maximum atomic E-state index is 12.8. The number of nitrogens with zero attached hydrogens (tertiary/aromatic N) is 1. The summed E-state index contributed by atoms with van der Waals surface area (Å²) < 4.78 is 6.68. The van der Waals surface area contributed by atoms with Gasteiger partial charge in [0.25, 0.3) is 11.1 Å². The van der Waals surface area contributed by atoms with Crippen LogP contribution in [-0.4, -0.2) is 16.0 Å². The molecule has 0 bridgehead atoms. The Balaban J connectivity index is 1.44. The number of aryl methyl sites for hydroxylation is 1. The van der Waals surface area contributed by atoms with Crippen LogP contribution in [-0.2, 0) is 17.9 Å². The number of hydrogen-bond acceptors (Lipinski definition) is 4. The molecule has 4 nitrogen and oxygen atoms in total. The van der Waals surface area contributed by atoms with Crippen molar-refractivity contribution in [2.45, 2.75) is 20.1 Å². The van der Waals surface area contributed by atoms with Crippen LogP contribution in [0.3, 0.4) is 0 Å². The summed E-state index contributed by atoms with van der Waals surface area (Å²) >= 11 is 10.4. The summed E-state index contributed by atoms with van der Waals surface area (Å²) in [6, 6.07) is 20.9. The highest BCUT2D eigenvalue weighted by atomic mass is 79.9. The van der Waals surface area contributed by atoms with Gasteiger partial charge in [-0.05, 0) is 81.6 Å². The molecule has 0 spiro atoms. The number of imide groups is 1. The van der Waals surface area contributed by atoms with Crippen LogP contribution in [0.5, 0.6) is 5.75 Å². The van der Waals surface area contributed by atoms with E-state index in [1.807, 2.05) is 49.4 Å². The molecule has 3 aromatic carbocycles. The fourth-order valence-corrected chi connectivity index (χ4v) is 4.60. The minimum absolute atomic E-state index is 0.217. The van der Waals surface area contributed by atoms with E-state index in [0.29, 0.717) is 22.3 Å². The number of thioether (sulfide) groups is 1. The van der Waals surface area contributed by atoms with Crippen molar-refractivity contribution >= 4 is 56.5 Å². The first kappa shape index (κ1) is 22.6. The SMILES string of the molecule is Cc1ccc(COc2ccc(/C=C3\SC(=O)N(Cc4ccc(Cl)cc4)C3=O)cc2Br)cc1. The molecule has 0 aromatic heterocycles. The number of rotatable bonds is 6. The molecule has 1 heterocycles. The number of benzene rings is 3. The van der Waals surface area contributed by atoms with E-state index in [4.69, 9.17) is 16.3 Å². The van der Waals surface area contributed by atoms with Crippen LogP contribution in [0.25, 0.3) is 6.08 Å². The first-order valence-electron chi connectivity index (χ1n) is 9.87. The third-order valence-electron chi connectivity index (χ3n) is 4.90. The molecule has 1 aliphatic heterocycles. The van der Waals surface area contributed by atoms with Gasteiger partial charge in [0.1, 0.15) is 12.4 Å². The largest absolute Gasteiger partial charge is 0.488 e. The van der Waals surface area contributed by atoms with Crippen molar-refractivity contribution in [1.29, 1.82) is 0 Å². The van der Waals surface area contributed by atoms with Gasteiger partial charge in [-0.1, -0.05) is 59.6 Å². The monoisotopic (exact) mass is 527 g/mol. The highest BCUT2D eigenvalue weighted by Crippen LogP contribution is 2.35. The number of hydrogen-bond donors (Lipinski definition) is 0. The molecular weight excluding hydrogens is 510 g/mol. The van der Waals surface area contributed by atoms with Gasteiger partial charge < -0.3 is 4.74 Å². The van der Waals surface area contributed by atoms with Crippen LogP contribution >= 0.6 is 39.3 Å². The predicted molar refractivity (Wildman–Crippen MR) is 133 cm³/mol. The zero-order valence-corrected chi connectivity index (χ0v) is 20.3. The molecule has 0 saturated carbocycles. The van der Waals surface area contributed by atoms with Gasteiger partial charge in [-0.25, -0.2) is 0 Å². The third-order valence-corrected chi connectivity index (χ3v) is 6.68. The van der Waals surface area contributed by atoms with Crippen LogP contribution in [0, 0.1) is 6.92 Å². The Kier molecular flexibility index (Phi) is 7.04. The van der Waals surface area contributed by atoms with Crippen molar-refractivity contribution in [3.8, 4) is 5.75 Å². The third kappa shape index (κ3) is 5.44. The topological polar surface area (TPSA) is 46.6 Å². The highest BCUT2D eigenvalue weighted by Gasteiger charge is 2.35. The normalized spacial score (nSPS) is 15.0. The summed E-state index contributed by atoms with van der Waals surface area (Å²) in [6.45, 7) is 2.72. The molecule has 0 N–H and O–H groups in total. The average Bonchev–Trinajstić information content (AvgIpc) is 3.03. The second-order valence-corrected chi connectivity index (χ2v) is 9.64. The second kappa shape index (κ2) is 9.94. The Morgan fingerprint density at radius 3 is 2.38 bits per heavy atom. The fraction of sp³-hybridized carbons (Fsp3) is 0.120. The van der Waals surface area contributed by atoms with Crippen LogP contribution in [0.1, 0.15) is 22.3 Å². The molecule has 7 heteroatoms. The summed E-state index contributed by atoms with van der Waals surface area (Å²) in [5.74, 6) is 0.407. The number of halogens is 2. The summed E-state index contributed by atoms with van der Waals surface area (Å²) in [6.07, 6.45) is 1.72. The fourth-order valence-electron chi connectivity index (χ4n) is 3.13. The summed E-state index contributed by atoms with van der Waals surface area (Å²) in [7, 11) is 0. The van der Waals surface area contributed by atoms with E-state index in [2.05, 4.69) is 28.1 Å². The molecule has 0 unspecified atom stereocenters. The van der Waals surface area contributed by atoms with Gasteiger partial charge in [0.2, 0.25) is 0 Å². The molecule has 2 amide bonds. The van der Waals surface area contributed by atoms with E-state index in [1.54, 1.807) is 18.2 Å². The molecule has 0 atom stereocenters. The lowest BCUT2D eigenvalue weighted by molar-refractivity contribution is -0.123. The second-order valence-electron chi connectivity index (χ2n) is 7.36. The van der Waals surface area contributed by atoms with Crippen LogP contribution in [0.4, 0.5) is 4.79 Å². The van der Waals surface area contributed by atoms with Crippen molar-refractivity contribution in [1.82, 2.24) is 4.90 Å². The number of ether oxygens (including phenoxy) is 1. The van der Waals surface area contributed by atoms with Gasteiger partial charge >= 0.3 is 0 Å². The Bertz CT molecular complexity index is 1190. The average molecular weight is 529 g/mol. The van der Waals surface area contributed by atoms with Crippen molar-refractivity contribution in [3.63, 3.8) is 0 Å². The minimum Gasteiger partial charge on any atom is -0.488 e. The summed E-state index contributed by atoms with van der Waals surface area (Å²) in [5, 5.41) is 0.327. The van der Waals surface area contributed by atoms with E-state index in [1.165, 1.54) is 10.5 Å². The molecule has 32 heavy (non-hydrogen) atoms. The van der Waals surface area contributed by atoms with Crippen molar-refractivity contribution in [3.05, 3.63) is 103 Å². The van der Waals surface area contributed by atoms with Crippen LogP contribution < -0.4 is 4.74 Å². The lowest BCUT2D eigenvalue weighted by Crippen LogP contribution is -2.27. The van der Waals surface area contributed by atoms with Gasteiger partial charge in [0, 0.05) is 5.02 Å². The van der Waals surface area contributed by atoms with E-state index in [9.17, 15) is 9.59 Å². The maximum Gasteiger partial charge on any atom is 0.293 e.